The normalized spacial score (nSPS) is 12.1. The van der Waals surface area contributed by atoms with E-state index in [0.717, 1.165) is 16.7 Å². The molecule has 0 aliphatic carbocycles. The van der Waals surface area contributed by atoms with Crippen LogP contribution in [-0.4, -0.2) is 11.1 Å². The zero-order chi connectivity index (χ0) is 13.8. The Morgan fingerprint density at radius 3 is 2.47 bits per heavy atom. The van der Waals surface area contributed by atoms with E-state index in [1.807, 2.05) is 24.3 Å². The van der Waals surface area contributed by atoms with Crippen molar-refractivity contribution in [2.45, 2.75) is 19.3 Å². The van der Waals surface area contributed by atoms with Crippen LogP contribution in [-0.2, 0) is 11.2 Å². The average molecular weight is 258 g/mol. The van der Waals surface area contributed by atoms with Gasteiger partial charge in [0.15, 0.2) is 0 Å². The summed E-state index contributed by atoms with van der Waals surface area (Å²) in [6.45, 7) is 1.67. The van der Waals surface area contributed by atoms with Gasteiger partial charge in [0.1, 0.15) is 5.82 Å². The van der Waals surface area contributed by atoms with Crippen molar-refractivity contribution in [3.63, 3.8) is 0 Å². The molecule has 0 heterocycles. The molecule has 0 saturated carbocycles. The number of aliphatic carboxylic acids is 1. The Morgan fingerprint density at radius 1 is 1.16 bits per heavy atom. The molecular formula is C16H15FO2. The predicted molar refractivity (Wildman–Crippen MR) is 71.7 cm³/mol. The molecular weight excluding hydrogens is 243 g/mol. The number of benzene rings is 2. The fourth-order valence-corrected chi connectivity index (χ4v) is 1.95. The van der Waals surface area contributed by atoms with Crippen LogP contribution < -0.4 is 0 Å². The first kappa shape index (κ1) is 13.3. The summed E-state index contributed by atoms with van der Waals surface area (Å²) in [5.41, 5.74) is 2.81. The monoisotopic (exact) mass is 258 g/mol. The molecule has 1 atom stereocenters. The standard InChI is InChI=1S/C16H15FO2/c1-11(16(18)19)14-4-2-3-13(10-14)9-12-5-7-15(17)8-6-12/h2-8,10-11H,9H2,1H3,(H,18,19). The summed E-state index contributed by atoms with van der Waals surface area (Å²) >= 11 is 0. The smallest absolute Gasteiger partial charge is 0.310 e. The maximum absolute atomic E-state index is 12.8. The predicted octanol–water partition coefficient (Wildman–Crippen LogP) is 3.60. The quantitative estimate of drug-likeness (QED) is 0.909. The van der Waals surface area contributed by atoms with Gasteiger partial charge in [0.2, 0.25) is 0 Å². The largest absolute Gasteiger partial charge is 0.481 e. The minimum Gasteiger partial charge on any atom is -0.481 e. The number of rotatable bonds is 4. The number of hydrogen-bond donors (Lipinski definition) is 1. The highest BCUT2D eigenvalue weighted by molar-refractivity contribution is 5.75. The van der Waals surface area contributed by atoms with Crippen molar-refractivity contribution < 1.29 is 14.3 Å². The summed E-state index contributed by atoms with van der Waals surface area (Å²) in [5, 5.41) is 9.00. The molecule has 0 aromatic heterocycles. The molecule has 1 N–H and O–H groups in total. The van der Waals surface area contributed by atoms with E-state index < -0.39 is 11.9 Å². The maximum Gasteiger partial charge on any atom is 0.310 e. The van der Waals surface area contributed by atoms with Gasteiger partial charge in [0, 0.05) is 0 Å². The first-order chi connectivity index (χ1) is 9.06. The van der Waals surface area contributed by atoms with Gasteiger partial charge in [-0.15, -0.1) is 0 Å². The second-order valence-electron chi connectivity index (χ2n) is 4.61. The van der Waals surface area contributed by atoms with Crippen LogP contribution >= 0.6 is 0 Å². The molecule has 0 saturated heterocycles. The van der Waals surface area contributed by atoms with E-state index in [0.29, 0.717) is 6.42 Å². The number of carboxylic acid groups (broad SMARTS) is 1. The summed E-state index contributed by atoms with van der Waals surface area (Å²) in [5.74, 6) is -1.61. The summed E-state index contributed by atoms with van der Waals surface area (Å²) in [6, 6.07) is 13.8. The molecule has 3 heteroatoms. The van der Waals surface area contributed by atoms with Crippen molar-refractivity contribution in [3.8, 4) is 0 Å². The third-order valence-corrected chi connectivity index (χ3v) is 3.14. The second kappa shape index (κ2) is 5.65. The van der Waals surface area contributed by atoms with E-state index in [2.05, 4.69) is 0 Å². The number of carboxylic acids is 1. The van der Waals surface area contributed by atoms with Crippen molar-refractivity contribution in [2.75, 3.05) is 0 Å². The van der Waals surface area contributed by atoms with E-state index in [-0.39, 0.29) is 5.82 Å². The van der Waals surface area contributed by atoms with Crippen LogP contribution in [0.1, 0.15) is 29.5 Å². The molecule has 19 heavy (non-hydrogen) atoms. The Kier molecular flexibility index (Phi) is 3.95. The fourth-order valence-electron chi connectivity index (χ4n) is 1.95. The number of halogens is 1. The zero-order valence-electron chi connectivity index (χ0n) is 10.6. The van der Waals surface area contributed by atoms with Gasteiger partial charge in [-0.25, -0.2) is 4.39 Å². The molecule has 0 spiro atoms. The third-order valence-electron chi connectivity index (χ3n) is 3.14. The van der Waals surface area contributed by atoms with E-state index in [9.17, 15) is 9.18 Å². The Hall–Kier alpha value is -2.16. The van der Waals surface area contributed by atoms with Crippen molar-refractivity contribution in [3.05, 3.63) is 71.0 Å². The molecule has 0 amide bonds. The molecule has 0 radical (unpaired) electrons. The van der Waals surface area contributed by atoms with E-state index in [1.165, 1.54) is 12.1 Å². The fraction of sp³-hybridized carbons (Fsp3) is 0.188. The lowest BCUT2D eigenvalue weighted by atomic mass is 9.96. The maximum atomic E-state index is 12.8. The molecule has 0 bridgehead atoms. The lowest BCUT2D eigenvalue weighted by Gasteiger charge is -2.09. The van der Waals surface area contributed by atoms with E-state index in [1.54, 1.807) is 19.1 Å². The third kappa shape index (κ3) is 3.41. The Labute approximate surface area is 111 Å². The molecule has 0 aliphatic rings. The van der Waals surface area contributed by atoms with Crippen molar-refractivity contribution >= 4 is 5.97 Å². The first-order valence-corrected chi connectivity index (χ1v) is 6.12. The minimum atomic E-state index is -0.834. The van der Waals surface area contributed by atoms with Gasteiger partial charge in [-0.3, -0.25) is 4.79 Å². The number of hydrogen-bond acceptors (Lipinski definition) is 1. The molecule has 98 valence electrons. The molecule has 0 aliphatic heterocycles. The lowest BCUT2D eigenvalue weighted by molar-refractivity contribution is -0.138. The van der Waals surface area contributed by atoms with Crippen LogP contribution in [0.5, 0.6) is 0 Å². The van der Waals surface area contributed by atoms with Gasteiger partial charge in [-0.1, -0.05) is 36.4 Å². The van der Waals surface area contributed by atoms with Gasteiger partial charge in [-0.2, -0.15) is 0 Å². The highest BCUT2D eigenvalue weighted by Crippen LogP contribution is 2.18. The van der Waals surface area contributed by atoms with Crippen LogP contribution in [0.25, 0.3) is 0 Å². The molecule has 2 aromatic carbocycles. The number of carbonyl (C=O) groups is 1. The van der Waals surface area contributed by atoms with Gasteiger partial charge in [-0.05, 0) is 42.2 Å². The first-order valence-electron chi connectivity index (χ1n) is 6.12. The summed E-state index contributed by atoms with van der Waals surface area (Å²) in [4.78, 5) is 11.0. The van der Waals surface area contributed by atoms with Gasteiger partial charge in [0.25, 0.3) is 0 Å². The van der Waals surface area contributed by atoms with Crippen molar-refractivity contribution in [2.24, 2.45) is 0 Å². The molecule has 0 fully saturated rings. The highest BCUT2D eigenvalue weighted by atomic mass is 19.1. The van der Waals surface area contributed by atoms with E-state index >= 15 is 0 Å². The van der Waals surface area contributed by atoms with Crippen LogP contribution in [0.4, 0.5) is 4.39 Å². The van der Waals surface area contributed by atoms with Crippen LogP contribution in [0, 0.1) is 5.82 Å². The Bertz CT molecular complexity index is 576. The van der Waals surface area contributed by atoms with Gasteiger partial charge in [0.05, 0.1) is 5.92 Å². The van der Waals surface area contributed by atoms with Gasteiger partial charge >= 0.3 is 5.97 Å². The van der Waals surface area contributed by atoms with Crippen molar-refractivity contribution in [1.82, 2.24) is 0 Å². The minimum absolute atomic E-state index is 0.253. The van der Waals surface area contributed by atoms with Crippen molar-refractivity contribution in [1.29, 1.82) is 0 Å². The molecule has 1 unspecified atom stereocenters. The second-order valence-corrected chi connectivity index (χ2v) is 4.61. The molecule has 2 rings (SSSR count). The Morgan fingerprint density at radius 2 is 1.84 bits per heavy atom. The zero-order valence-corrected chi connectivity index (χ0v) is 10.6. The lowest BCUT2D eigenvalue weighted by Crippen LogP contribution is -2.07. The summed E-state index contributed by atoms with van der Waals surface area (Å²) < 4.78 is 12.8. The van der Waals surface area contributed by atoms with Crippen LogP contribution in [0.15, 0.2) is 48.5 Å². The Balaban J connectivity index is 2.19. The highest BCUT2D eigenvalue weighted by Gasteiger charge is 2.13. The summed E-state index contributed by atoms with van der Waals surface area (Å²) in [7, 11) is 0. The van der Waals surface area contributed by atoms with E-state index in [4.69, 9.17) is 5.11 Å². The SMILES string of the molecule is CC(C(=O)O)c1cccc(Cc2ccc(F)cc2)c1. The average Bonchev–Trinajstić information content (AvgIpc) is 2.41. The molecule has 2 nitrogen and oxygen atoms in total. The van der Waals surface area contributed by atoms with Crippen LogP contribution in [0.2, 0.25) is 0 Å². The summed E-state index contributed by atoms with van der Waals surface area (Å²) in [6.07, 6.45) is 0.667. The molecule has 2 aromatic rings. The van der Waals surface area contributed by atoms with Gasteiger partial charge < -0.3 is 5.11 Å². The topological polar surface area (TPSA) is 37.3 Å². The van der Waals surface area contributed by atoms with Crippen LogP contribution in [0.3, 0.4) is 0 Å².